The average Bonchev–Trinajstić information content (AvgIpc) is 2.78. The number of benzene rings is 2. The van der Waals surface area contributed by atoms with Crippen molar-refractivity contribution in [3.8, 4) is 5.75 Å². The van der Waals surface area contributed by atoms with Crippen molar-refractivity contribution in [1.82, 2.24) is 5.32 Å². The SMILES string of the molecule is CC[C@H](C)NC(=O)[C@H]1Cc2ccc(OC)cc2N2CCN(c3ccccc3)C[C@@H]12. The van der Waals surface area contributed by atoms with E-state index < -0.39 is 0 Å². The summed E-state index contributed by atoms with van der Waals surface area (Å²) in [6, 6.07) is 17.1. The first-order chi connectivity index (χ1) is 14.1. The molecule has 2 aromatic carbocycles. The Hall–Kier alpha value is -2.69. The van der Waals surface area contributed by atoms with E-state index in [-0.39, 0.29) is 23.9 Å². The summed E-state index contributed by atoms with van der Waals surface area (Å²) in [6.45, 7) is 6.87. The summed E-state index contributed by atoms with van der Waals surface area (Å²) in [7, 11) is 1.71. The van der Waals surface area contributed by atoms with Gasteiger partial charge >= 0.3 is 0 Å². The van der Waals surface area contributed by atoms with Crippen molar-refractivity contribution < 1.29 is 9.53 Å². The third-order valence-corrected chi connectivity index (χ3v) is 6.38. The highest BCUT2D eigenvalue weighted by atomic mass is 16.5. The van der Waals surface area contributed by atoms with Crippen LogP contribution < -0.4 is 19.9 Å². The normalized spacial score (nSPS) is 21.8. The molecule has 5 nitrogen and oxygen atoms in total. The lowest BCUT2D eigenvalue weighted by Crippen LogP contribution is -2.61. The lowest BCUT2D eigenvalue weighted by Gasteiger charge is -2.49. The molecular weight excluding hydrogens is 362 g/mol. The molecule has 0 radical (unpaired) electrons. The second-order valence-corrected chi connectivity index (χ2v) is 8.17. The standard InChI is InChI=1S/C24H31N3O2/c1-4-17(2)25-24(28)21-14-18-10-11-20(29-3)15-22(18)27-13-12-26(16-23(21)27)19-8-6-5-7-9-19/h5-11,15,17,21,23H,4,12-14,16H2,1-3H3,(H,25,28)/t17-,21-,23-/m0/s1. The predicted octanol–water partition coefficient (Wildman–Crippen LogP) is 3.48. The number of methoxy groups -OCH3 is 1. The highest BCUT2D eigenvalue weighted by Gasteiger charge is 2.41. The molecule has 3 atom stereocenters. The predicted molar refractivity (Wildman–Crippen MR) is 118 cm³/mol. The molecule has 0 unspecified atom stereocenters. The molecule has 2 heterocycles. The smallest absolute Gasteiger partial charge is 0.225 e. The fraction of sp³-hybridized carbons (Fsp3) is 0.458. The van der Waals surface area contributed by atoms with Crippen molar-refractivity contribution in [2.45, 2.75) is 38.8 Å². The van der Waals surface area contributed by atoms with Crippen LogP contribution in [0.3, 0.4) is 0 Å². The van der Waals surface area contributed by atoms with E-state index in [1.807, 2.05) is 12.1 Å². The number of piperazine rings is 1. The summed E-state index contributed by atoms with van der Waals surface area (Å²) in [6.07, 6.45) is 1.71. The number of amides is 1. The van der Waals surface area contributed by atoms with Crippen LogP contribution in [0.25, 0.3) is 0 Å². The van der Waals surface area contributed by atoms with E-state index in [0.29, 0.717) is 0 Å². The van der Waals surface area contributed by atoms with Gasteiger partial charge < -0.3 is 19.9 Å². The van der Waals surface area contributed by atoms with Crippen LogP contribution in [0.1, 0.15) is 25.8 Å². The van der Waals surface area contributed by atoms with Gasteiger partial charge in [-0.25, -0.2) is 0 Å². The van der Waals surface area contributed by atoms with E-state index in [9.17, 15) is 4.79 Å². The minimum atomic E-state index is -0.0589. The van der Waals surface area contributed by atoms with E-state index >= 15 is 0 Å². The Bertz CT molecular complexity index is 854. The second kappa shape index (κ2) is 8.36. The molecule has 1 N–H and O–H groups in total. The molecule has 0 aromatic heterocycles. The Morgan fingerprint density at radius 3 is 2.72 bits per heavy atom. The van der Waals surface area contributed by atoms with Gasteiger partial charge in [0.05, 0.1) is 19.1 Å². The van der Waals surface area contributed by atoms with Crippen LogP contribution in [-0.4, -0.2) is 44.7 Å². The number of para-hydroxylation sites is 1. The Labute approximate surface area is 173 Å². The molecule has 29 heavy (non-hydrogen) atoms. The minimum Gasteiger partial charge on any atom is -0.497 e. The van der Waals surface area contributed by atoms with Gasteiger partial charge in [0.15, 0.2) is 0 Å². The highest BCUT2D eigenvalue weighted by molar-refractivity contribution is 5.82. The molecule has 0 spiro atoms. The number of nitrogens with zero attached hydrogens (tertiary/aromatic N) is 2. The highest BCUT2D eigenvalue weighted by Crippen LogP contribution is 2.39. The molecule has 0 aliphatic carbocycles. The number of carbonyl (C=O) groups is 1. The number of anilines is 2. The van der Waals surface area contributed by atoms with Crippen LogP contribution in [0, 0.1) is 5.92 Å². The number of hydrogen-bond donors (Lipinski definition) is 1. The molecule has 5 heteroatoms. The third-order valence-electron chi connectivity index (χ3n) is 6.38. The largest absolute Gasteiger partial charge is 0.497 e. The van der Waals surface area contributed by atoms with Crippen molar-refractivity contribution in [1.29, 1.82) is 0 Å². The molecule has 0 bridgehead atoms. The Morgan fingerprint density at radius 1 is 1.21 bits per heavy atom. The molecule has 1 saturated heterocycles. The van der Waals surface area contributed by atoms with Crippen molar-refractivity contribution in [3.63, 3.8) is 0 Å². The summed E-state index contributed by atoms with van der Waals surface area (Å²) in [5.74, 6) is 0.984. The topological polar surface area (TPSA) is 44.8 Å². The number of hydrogen-bond acceptors (Lipinski definition) is 4. The van der Waals surface area contributed by atoms with E-state index in [1.165, 1.54) is 16.9 Å². The van der Waals surface area contributed by atoms with Crippen LogP contribution in [0.4, 0.5) is 11.4 Å². The average molecular weight is 394 g/mol. The molecular formula is C24H31N3O2. The maximum atomic E-state index is 13.2. The van der Waals surface area contributed by atoms with Crippen molar-refractivity contribution in [2.24, 2.45) is 5.92 Å². The van der Waals surface area contributed by atoms with E-state index in [2.05, 4.69) is 65.4 Å². The molecule has 154 valence electrons. The summed E-state index contributed by atoms with van der Waals surface area (Å²) >= 11 is 0. The number of fused-ring (bicyclic) bond motifs is 3. The fourth-order valence-electron chi connectivity index (χ4n) is 4.53. The molecule has 2 aliphatic heterocycles. The van der Waals surface area contributed by atoms with E-state index in [1.54, 1.807) is 7.11 Å². The molecule has 2 aromatic rings. The molecule has 4 rings (SSSR count). The van der Waals surface area contributed by atoms with Crippen LogP contribution in [0.2, 0.25) is 0 Å². The van der Waals surface area contributed by atoms with Gasteiger partial charge in [0.25, 0.3) is 0 Å². The lowest BCUT2D eigenvalue weighted by molar-refractivity contribution is -0.126. The van der Waals surface area contributed by atoms with Crippen LogP contribution in [0.5, 0.6) is 5.75 Å². The van der Waals surface area contributed by atoms with Crippen LogP contribution in [0.15, 0.2) is 48.5 Å². The monoisotopic (exact) mass is 393 g/mol. The zero-order valence-electron chi connectivity index (χ0n) is 17.6. The molecule has 0 saturated carbocycles. The summed E-state index contributed by atoms with van der Waals surface area (Å²) in [5, 5.41) is 3.23. The number of rotatable bonds is 5. The zero-order valence-corrected chi connectivity index (χ0v) is 17.6. The first-order valence-corrected chi connectivity index (χ1v) is 10.6. The Balaban J connectivity index is 1.66. The fourth-order valence-corrected chi connectivity index (χ4v) is 4.53. The summed E-state index contributed by atoms with van der Waals surface area (Å²) in [4.78, 5) is 18.1. The van der Waals surface area contributed by atoms with Crippen molar-refractivity contribution in [3.05, 3.63) is 54.1 Å². The van der Waals surface area contributed by atoms with Gasteiger partial charge in [-0.3, -0.25) is 4.79 Å². The lowest BCUT2D eigenvalue weighted by atomic mass is 9.83. The minimum absolute atomic E-state index is 0.0589. The van der Waals surface area contributed by atoms with E-state index in [4.69, 9.17) is 4.74 Å². The van der Waals surface area contributed by atoms with Gasteiger partial charge in [-0.15, -0.1) is 0 Å². The number of nitrogens with one attached hydrogen (secondary N) is 1. The van der Waals surface area contributed by atoms with Gasteiger partial charge in [-0.05, 0) is 43.5 Å². The third kappa shape index (κ3) is 3.91. The quantitative estimate of drug-likeness (QED) is 0.845. The van der Waals surface area contributed by atoms with Gasteiger partial charge in [0, 0.05) is 43.1 Å². The van der Waals surface area contributed by atoms with Crippen LogP contribution in [-0.2, 0) is 11.2 Å². The molecule has 2 aliphatic rings. The van der Waals surface area contributed by atoms with Gasteiger partial charge in [-0.2, -0.15) is 0 Å². The first-order valence-electron chi connectivity index (χ1n) is 10.6. The van der Waals surface area contributed by atoms with E-state index in [0.717, 1.165) is 38.2 Å². The molecule has 1 amide bonds. The number of carbonyl (C=O) groups excluding carboxylic acids is 1. The summed E-state index contributed by atoms with van der Waals surface area (Å²) in [5.41, 5.74) is 3.68. The first kappa shape index (κ1) is 19.6. The van der Waals surface area contributed by atoms with Crippen molar-refractivity contribution >= 4 is 17.3 Å². The Morgan fingerprint density at radius 2 is 2.00 bits per heavy atom. The maximum absolute atomic E-state index is 13.2. The summed E-state index contributed by atoms with van der Waals surface area (Å²) < 4.78 is 5.48. The molecule has 1 fully saturated rings. The van der Waals surface area contributed by atoms with Crippen LogP contribution >= 0.6 is 0 Å². The van der Waals surface area contributed by atoms with Crippen molar-refractivity contribution in [2.75, 3.05) is 36.5 Å². The van der Waals surface area contributed by atoms with Gasteiger partial charge in [0.2, 0.25) is 5.91 Å². The van der Waals surface area contributed by atoms with Gasteiger partial charge in [0.1, 0.15) is 5.75 Å². The maximum Gasteiger partial charge on any atom is 0.225 e. The zero-order chi connectivity index (χ0) is 20.4. The van der Waals surface area contributed by atoms with Gasteiger partial charge in [-0.1, -0.05) is 31.2 Å². The second-order valence-electron chi connectivity index (χ2n) is 8.17. The number of ether oxygens (including phenoxy) is 1. The Kier molecular flexibility index (Phi) is 5.65.